The molecule has 0 aromatic rings. The van der Waals surface area contributed by atoms with Crippen LogP contribution in [0.5, 0.6) is 0 Å². The van der Waals surface area contributed by atoms with Gasteiger partial charge < -0.3 is 5.32 Å². The zero-order chi connectivity index (χ0) is 11.0. The molecular weight excluding hydrogens is 215 g/mol. The minimum Gasteiger partial charge on any atom is -0.308 e. The molecule has 0 aromatic carbocycles. The summed E-state index contributed by atoms with van der Waals surface area (Å²) in [6, 6.07) is 0. The van der Waals surface area contributed by atoms with Crippen LogP contribution in [0.2, 0.25) is 0 Å². The minimum atomic E-state index is -4.11. The third-order valence-electron chi connectivity index (χ3n) is 1.97. The van der Waals surface area contributed by atoms with Crippen LogP contribution in [0.3, 0.4) is 0 Å². The first-order valence-electron chi connectivity index (χ1n) is 4.83. The second-order valence-electron chi connectivity index (χ2n) is 3.38. The van der Waals surface area contributed by atoms with E-state index in [2.05, 4.69) is 5.32 Å². The standard InChI is InChI=1S/C9H17ClF3N/c1-2-3-8(4-5-10)6-14-7-9(11,12)13/h8,14H,2-7H2,1H3. The van der Waals surface area contributed by atoms with Crippen molar-refractivity contribution in [3.05, 3.63) is 0 Å². The number of rotatable bonds is 7. The van der Waals surface area contributed by atoms with Gasteiger partial charge in [0, 0.05) is 5.88 Å². The lowest BCUT2D eigenvalue weighted by atomic mass is 10.0. The first-order valence-corrected chi connectivity index (χ1v) is 5.36. The Balaban J connectivity index is 3.60. The van der Waals surface area contributed by atoms with E-state index in [0.29, 0.717) is 12.4 Å². The molecule has 86 valence electrons. The SMILES string of the molecule is CCCC(CCCl)CNCC(F)(F)F. The topological polar surface area (TPSA) is 12.0 Å². The van der Waals surface area contributed by atoms with Crippen LogP contribution in [0.15, 0.2) is 0 Å². The summed E-state index contributed by atoms with van der Waals surface area (Å²) in [6.07, 6.45) is -1.43. The van der Waals surface area contributed by atoms with E-state index in [1.807, 2.05) is 6.92 Å². The Morgan fingerprint density at radius 2 is 1.93 bits per heavy atom. The van der Waals surface area contributed by atoms with E-state index in [-0.39, 0.29) is 5.92 Å². The lowest BCUT2D eigenvalue weighted by molar-refractivity contribution is -0.125. The summed E-state index contributed by atoms with van der Waals surface area (Å²) < 4.78 is 35.4. The summed E-state index contributed by atoms with van der Waals surface area (Å²) in [5.74, 6) is 0.776. The maximum absolute atomic E-state index is 11.8. The quantitative estimate of drug-likeness (QED) is 0.664. The van der Waals surface area contributed by atoms with Crippen LogP contribution in [0.1, 0.15) is 26.2 Å². The van der Waals surface area contributed by atoms with E-state index < -0.39 is 12.7 Å². The largest absolute Gasteiger partial charge is 0.401 e. The fourth-order valence-corrected chi connectivity index (χ4v) is 1.64. The highest BCUT2D eigenvalue weighted by Gasteiger charge is 2.26. The summed E-state index contributed by atoms with van der Waals surface area (Å²) >= 11 is 5.55. The summed E-state index contributed by atoms with van der Waals surface area (Å²) in [4.78, 5) is 0. The smallest absolute Gasteiger partial charge is 0.308 e. The molecule has 1 unspecified atom stereocenters. The van der Waals surface area contributed by atoms with E-state index in [1.54, 1.807) is 0 Å². The molecule has 0 bridgehead atoms. The molecule has 0 heterocycles. The first kappa shape index (κ1) is 14.0. The van der Waals surface area contributed by atoms with E-state index in [0.717, 1.165) is 19.3 Å². The van der Waals surface area contributed by atoms with Gasteiger partial charge in [-0.1, -0.05) is 13.3 Å². The number of halogens is 4. The van der Waals surface area contributed by atoms with Gasteiger partial charge in [-0.05, 0) is 25.3 Å². The summed E-state index contributed by atoms with van der Waals surface area (Å²) in [6.45, 7) is 1.51. The molecule has 0 spiro atoms. The fourth-order valence-electron chi connectivity index (χ4n) is 1.33. The third kappa shape index (κ3) is 8.63. The second-order valence-corrected chi connectivity index (χ2v) is 3.76. The van der Waals surface area contributed by atoms with Crippen LogP contribution in [-0.4, -0.2) is 25.1 Å². The molecule has 0 aliphatic heterocycles. The molecule has 0 fully saturated rings. The zero-order valence-corrected chi connectivity index (χ0v) is 9.09. The molecule has 0 aliphatic rings. The Morgan fingerprint density at radius 1 is 1.29 bits per heavy atom. The predicted octanol–water partition coefficient (Wildman–Crippen LogP) is 3.18. The van der Waals surface area contributed by atoms with E-state index in [1.165, 1.54) is 0 Å². The van der Waals surface area contributed by atoms with Crippen molar-refractivity contribution in [2.45, 2.75) is 32.4 Å². The average molecular weight is 232 g/mol. The monoisotopic (exact) mass is 231 g/mol. The van der Waals surface area contributed by atoms with Gasteiger partial charge in [0.15, 0.2) is 0 Å². The van der Waals surface area contributed by atoms with Crippen LogP contribution in [-0.2, 0) is 0 Å². The highest BCUT2D eigenvalue weighted by Crippen LogP contribution is 2.14. The van der Waals surface area contributed by atoms with Gasteiger partial charge in [0.2, 0.25) is 0 Å². The Bertz CT molecular complexity index is 133. The minimum absolute atomic E-state index is 0.264. The maximum Gasteiger partial charge on any atom is 0.401 e. The number of alkyl halides is 4. The first-order chi connectivity index (χ1) is 6.49. The maximum atomic E-state index is 11.8. The lowest BCUT2D eigenvalue weighted by Crippen LogP contribution is -2.32. The van der Waals surface area contributed by atoms with E-state index in [9.17, 15) is 13.2 Å². The molecule has 1 N–H and O–H groups in total. The Labute approximate surface area is 88.0 Å². The van der Waals surface area contributed by atoms with Crippen LogP contribution in [0.25, 0.3) is 0 Å². The van der Waals surface area contributed by atoms with Gasteiger partial charge in [0.25, 0.3) is 0 Å². The second kappa shape index (κ2) is 7.35. The highest BCUT2D eigenvalue weighted by molar-refractivity contribution is 6.17. The van der Waals surface area contributed by atoms with Crippen molar-refractivity contribution in [3.8, 4) is 0 Å². The van der Waals surface area contributed by atoms with Crippen molar-refractivity contribution >= 4 is 11.6 Å². The third-order valence-corrected chi connectivity index (χ3v) is 2.19. The Morgan fingerprint density at radius 3 is 2.36 bits per heavy atom. The molecule has 0 saturated carbocycles. The van der Waals surface area contributed by atoms with Gasteiger partial charge in [0.1, 0.15) is 0 Å². The molecule has 1 nitrogen and oxygen atoms in total. The van der Waals surface area contributed by atoms with Crippen molar-refractivity contribution < 1.29 is 13.2 Å². The summed E-state index contributed by atoms with van der Waals surface area (Å²) in [5, 5.41) is 2.41. The molecule has 0 amide bonds. The van der Waals surface area contributed by atoms with Crippen LogP contribution >= 0.6 is 11.6 Å². The molecule has 14 heavy (non-hydrogen) atoms. The van der Waals surface area contributed by atoms with Gasteiger partial charge in [-0.3, -0.25) is 0 Å². The molecule has 5 heteroatoms. The van der Waals surface area contributed by atoms with Crippen LogP contribution in [0, 0.1) is 5.92 Å². The number of nitrogens with one attached hydrogen (secondary N) is 1. The molecule has 0 rings (SSSR count). The number of hydrogen-bond acceptors (Lipinski definition) is 1. The summed E-state index contributed by atoms with van der Waals surface area (Å²) in [5.41, 5.74) is 0. The van der Waals surface area contributed by atoms with Gasteiger partial charge in [-0.15, -0.1) is 11.6 Å². The van der Waals surface area contributed by atoms with Crippen LogP contribution < -0.4 is 5.32 Å². The lowest BCUT2D eigenvalue weighted by Gasteiger charge is -2.16. The van der Waals surface area contributed by atoms with E-state index >= 15 is 0 Å². The van der Waals surface area contributed by atoms with Gasteiger partial charge >= 0.3 is 6.18 Å². The van der Waals surface area contributed by atoms with Crippen molar-refractivity contribution in [3.63, 3.8) is 0 Å². The Hall–Kier alpha value is 0.0400. The average Bonchev–Trinajstić information content (AvgIpc) is 2.02. The Kier molecular flexibility index (Phi) is 7.37. The van der Waals surface area contributed by atoms with E-state index in [4.69, 9.17) is 11.6 Å². The number of hydrogen-bond donors (Lipinski definition) is 1. The van der Waals surface area contributed by atoms with Crippen molar-refractivity contribution in [2.24, 2.45) is 5.92 Å². The van der Waals surface area contributed by atoms with Crippen molar-refractivity contribution in [1.82, 2.24) is 5.32 Å². The van der Waals surface area contributed by atoms with Gasteiger partial charge in [0.05, 0.1) is 6.54 Å². The summed E-state index contributed by atoms with van der Waals surface area (Å²) in [7, 11) is 0. The van der Waals surface area contributed by atoms with Crippen molar-refractivity contribution in [1.29, 1.82) is 0 Å². The highest BCUT2D eigenvalue weighted by atomic mass is 35.5. The van der Waals surface area contributed by atoms with Crippen molar-refractivity contribution in [2.75, 3.05) is 19.0 Å². The molecule has 0 aromatic heterocycles. The zero-order valence-electron chi connectivity index (χ0n) is 8.33. The molecular formula is C9H17ClF3N. The molecule has 0 aliphatic carbocycles. The fraction of sp³-hybridized carbons (Fsp3) is 1.00. The molecule has 0 radical (unpaired) electrons. The molecule has 0 saturated heterocycles. The van der Waals surface area contributed by atoms with Gasteiger partial charge in [-0.2, -0.15) is 13.2 Å². The molecule has 1 atom stereocenters. The van der Waals surface area contributed by atoms with Gasteiger partial charge in [-0.25, -0.2) is 0 Å². The predicted molar refractivity (Wildman–Crippen MR) is 52.7 cm³/mol. The normalized spacial score (nSPS) is 14.4. The van der Waals surface area contributed by atoms with Crippen LogP contribution in [0.4, 0.5) is 13.2 Å².